The van der Waals surface area contributed by atoms with Gasteiger partial charge in [0.15, 0.2) is 12.6 Å². The third-order valence-electron chi connectivity index (χ3n) is 3.09. The van der Waals surface area contributed by atoms with Crippen molar-refractivity contribution in [3.63, 3.8) is 0 Å². The third-order valence-corrected chi connectivity index (χ3v) is 3.09. The van der Waals surface area contributed by atoms with E-state index in [0.717, 1.165) is 47.3 Å². The standard InChI is InChI=1S/C12H9NO2/c14-5-9-11-7-1-2-8(4-3-7)12(11)10(6-15)13-9/h1-2,5-6,13H,3-4H2. The first-order chi connectivity index (χ1) is 7.35. The van der Waals surface area contributed by atoms with Gasteiger partial charge >= 0.3 is 0 Å². The fourth-order valence-corrected chi connectivity index (χ4v) is 2.44. The minimum absolute atomic E-state index is 0.531. The number of fused-ring (bicyclic) bond motifs is 2. The van der Waals surface area contributed by atoms with Crippen LogP contribution in [0.1, 0.15) is 32.1 Å². The molecule has 0 amide bonds. The Morgan fingerprint density at radius 3 is 1.73 bits per heavy atom. The number of benzene rings is 1. The molecule has 3 heteroatoms. The van der Waals surface area contributed by atoms with Gasteiger partial charge in [0.05, 0.1) is 11.4 Å². The van der Waals surface area contributed by atoms with E-state index in [4.69, 9.17) is 0 Å². The van der Waals surface area contributed by atoms with Crippen LogP contribution in [-0.2, 0) is 12.8 Å². The average molecular weight is 199 g/mol. The van der Waals surface area contributed by atoms with Crippen molar-refractivity contribution in [3.8, 4) is 0 Å². The molecule has 1 N–H and O–H groups in total. The molecule has 0 fully saturated rings. The molecule has 74 valence electrons. The molecule has 0 saturated heterocycles. The summed E-state index contributed by atoms with van der Waals surface area (Å²) in [5.74, 6) is 0. The highest BCUT2D eigenvalue weighted by atomic mass is 16.1. The van der Waals surface area contributed by atoms with Crippen molar-refractivity contribution in [2.24, 2.45) is 0 Å². The molecule has 1 aromatic heterocycles. The van der Waals surface area contributed by atoms with Crippen LogP contribution < -0.4 is 0 Å². The number of aryl methyl sites for hydroxylation is 2. The van der Waals surface area contributed by atoms with Gasteiger partial charge in [0.25, 0.3) is 0 Å². The van der Waals surface area contributed by atoms with Gasteiger partial charge in [-0.25, -0.2) is 0 Å². The summed E-state index contributed by atoms with van der Waals surface area (Å²) < 4.78 is 0. The molecule has 0 aliphatic heterocycles. The highest BCUT2D eigenvalue weighted by Gasteiger charge is 2.20. The Morgan fingerprint density at radius 1 is 0.933 bits per heavy atom. The lowest BCUT2D eigenvalue weighted by molar-refractivity contribution is 0.112. The van der Waals surface area contributed by atoms with Crippen molar-refractivity contribution in [3.05, 3.63) is 34.6 Å². The van der Waals surface area contributed by atoms with E-state index in [0.29, 0.717) is 11.4 Å². The van der Waals surface area contributed by atoms with Crippen molar-refractivity contribution in [1.29, 1.82) is 0 Å². The van der Waals surface area contributed by atoms with Crippen LogP contribution in [-0.4, -0.2) is 17.6 Å². The van der Waals surface area contributed by atoms with E-state index in [2.05, 4.69) is 4.98 Å². The minimum atomic E-state index is 0.531. The molecule has 0 radical (unpaired) electrons. The normalized spacial score (nSPS) is 13.3. The Labute approximate surface area is 86.1 Å². The quantitative estimate of drug-likeness (QED) is 0.751. The fourth-order valence-electron chi connectivity index (χ4n) is 2.44. The van der Waals surface area contributed by atoms with Crippen LogP contribution >= 0.6 is 0 Å². The summed E-state index contributed by atoms with van der Waals surface area (Å²) in [5, 5.41) is 1.88. The van der Waals surface area contributed by atoms with Gasteiger partial charge in [0, 0.05) is 10.8 Å². The van der Waals surface area contributed by atoms with Crippen molar-refractivity contribution < 1.29 is 9.59 Å². The highest BCUT2D eigenvalue weighted by Crippen LogP contribution is 2.33. The second kappa shape index (κ2) is 2.79. The summed E-state index contributed by atoms with van der Waals surface area (Å²) in [5.41, 5.74) is 3.38. The summed E-state index contributed by atoms with van der Waals surface area (Å²) >= 11 is 0. The topological polar surface area (TPSA) is 49.9 Å². The second-order valence-corrected chi connectivity index (χ2v) is 3.82. The lowest BCUT2D eigenvalue weighted by Crippen LogP contribution is -2.02. The molecule has 0 atom stereocenters. The average Bonchev–Trinajstić information content (AvgIpc) is 2.71. The fraction of sp³-hybridized carbons (Fsp3) is 0.167. The van der Waals surface area contributed by atoms with Crippen LogP contribution in [0.25, 0.3) is 10.8 Å². The number of H-pyrrole nitrogens is 1. The zero-order valence-corrected chi connectivity index (χ0v) is 8.04. The summed E-state index contributed by atoms with van der Waals surface area (Å²) in [7, 11) is 0. The zero-order valence-electron chi connectivity index (χ0n) is 8.04. The van der Waals surface area contributed by atoms with Gasteiger partial charge < -0.3 is 4.98 Å². The number of carbonyl (C=O) groups is 2. The predicted molar refractivity (Wildman–Crippen MR) is 56.5 cm³/mol. The van der Waals surface area contributed by atoms with Gasteiger partial charge in [-0.05, 0) is 24.0 Å². The van der Waals surface area contributed by atoms with E-state index in [1.165, 1.54) is 0 Å². The molecule has 1 aromatic carbocycles. The largest absolute Gasteiger partial charge is 0.349 e. The summed E-state index contributed by atoms with van der Waals surface area (Å²) in [6.45, 7) is 0. The van der Waals surface area contributed by atoms with E-state index in [9.17, 15) is 9.59 Å². The number of aromatic nitrogens is 1. The van der Waals surface area contributed by atoms with Crippen LogP contribution in [0.3, 0.4) is 0 Å². The predicted octanol–water partition coefficient (Wildman–Crippen LogP) is 1.89. The minimum Gasteiger partial charge on any atom is -0.349 e. The second-order valence-electron chi connectivity index (χ2n) is 3.82. The monoisotopic (exact) mass is 199 g/mol. The Balaban J connectivity index is 2.56. The lowest BCUT2D eigenvalue weighted by atomic mass is 9.88. The van der Waals surface area contributed by atoms with E-state index < -0.39 is 0 Å². The third kappa shape index (κ3) is 0.947. The first-order valence-corrected chi connectivity index (χ1v) is 4.92. The smallest absolute Gasteiger partial charge is 0.166 e. The van der Waals surface area contributed by atoms with E-state index >= 15 is 0 Å². The number of aldehydes is 2. The maximum atomic E-state index is 10.9. The SMILES string of the molecule is O=Cc1[nH]c(C=O)c2c3ccc(c12)CC3. The molecule has 0 unspecified atom stereocenters. The first kappa shape index (κ1) is 8.41. The molecular weight excluding hydrogens is 190 g/mol. The number of nitrogens with one attached hydrogen (secondary N) is 1. The Hall–Kier alpha value is -1.90. The number of hydrogen-bond acceptors (Lipinski definition) is 2. The van der Waals surface area contributed by atoms with Crippen molar-refractivity contribution in [2.45, 2.75) is 12.8 Å². The summed E-state index contributed by atoms with van der Waals surface area (Å²) in [4.78, 5) is 24.7. The summed E-state index contributed by atoms with van der Waals surface area (Å²) in [6, 6.07) is 4.08. The Morgan fingerprint density at radius 2 is 1.40 bits per heavy atom. The van der Waals surface area contributed by atoms with Gasteiger partial charge in [0.1, 0.15) is 0 Å². The van der Waals surface area contributed by atoms with Gasteiger partial charge in [-0.2, -0.15) is 0 Å². The van der Waals surface area contributed by atoms with Crippen LogP contribution in [0.5, 0.6) is 0 Å². The van der Waals surface area contributed by atoms with Gasteiger partial charge in [0.2, 0.25) is 0 Å². The maximum Gasteiger partial charge on any atom is 0.166 e. The molecule has 15 heavy (non-hydrogen) atoms. The number of rotatable bonds is 2. The van der Waals surface area contributed by atoms with E-state index in [1.807, 2.05) is 12.1 Å². The molecule has 1 heterocycles. The number of carbonyl (C=O) groups excluding carboxylic acids is 2. The molecule has 2 aliphatic rings. The molecular formula is C12H9NO2. The molecule has 3 nitrogen and oxygen atoms in total. The molecule has 2 aromatic rings. The molecule has 0 spiro atoms. The van der Waals surface area contributed by atoms with Crippen LogP contribution in [0, 0.1) is 0 Å². The molecule has 2 aliphatic carbocycles. The maximum absolute atomic E-state index is 10.9. The first-order valence-electron chi connectivity index (χ1n) is 4.92. The molecule has 2 bridgehead atoms. The van der Waals surface area contributed by atoms with Crippen LogP contribution in [0.4, 0.5) is 0 Å². The van der Waals surface area contributed by atoms with Gasteiger partial charge in [-0.1, -0.05) is 12.1 Å². The van der Waals surface area contributed by atoms with E-state index in [-0.39, 0.29) is 0 Å². The van der Waals surface area contributed by atoms with Crippen molar-refractivity contribution >= 4 is 23.3 Å². The molecule has 4 rings (SSSR count). The number of hydrogen-bond donors (Lipinski definition) is 1. The zero-order chi connectivity index (χ0) is 10.4. The van der Waals surface area contributed by atoms with Gasteiger partial charge in [-0.3, -0.25) is 9.59 Å². The Bertz CT molecular complexity index is 531. The number of aromatic amines is 1. The van der Waals surface area contributed by atoms with Crippen molar-refractivity contribution in [2.75, 3.05) is 0 Å². The summed E-state index contributed by atoms with van der Waals surface area (Å²) in [6.07, 6.45) is 3.51. The molecule has 0 saturated carbocycles. The van der Waals surface area contributed by atoms with Crippen LogP contribution in [0.15, 0.2) is 12.1 Å². The highest BCUT2D eigenvalue weighted by molar-refractivity contribution is 6.08. The van der Waals surface area contributed by atoms with Crippen molar-refractivity contribution in [1.82, 2.24) is 4.98 Å². The van der Waals surface area contributed by atoms with E-state index in [1.54, 1.807) is 0 Å². The Kier molecular flexibility index (Phi) is 1.57. The lowest BCUT2D eigenvalue weighted by Gasteiger charge is -2.14. The van der Waals surface area contributed by atoms with Crippen LogP contribution in [0.2, 0.25) is 0 Å². The van der Waals surface area contributed by atoms with Gasteiger partial charge in [-0.15, -0.1) is 0 Å².